The molecule has 2 N–H and O–H groups in total. The molecule has 0 bridgehead atoms. The fourth-order valence-corrected chi connectivity index (χ4v) is 2.58. The lowest BCUT2D eigenvalue weighted by Gasteiger charge is -2.12. The molecule has 5 nitrogen and oxygen atoms in total. The molecular weight excluding hydrogens is 352 g/mol. The van der Waals surface area contributed by atoms with Crippen molar-refractivity contribution >= 4 is 17.5 Å². The van der Waals surface area contributed by atoms with Crippen LogP contribution in [0.25, 0.3) is 0 Å². The largest absolute Gasteiger partial charge is 0.455 e. The van der Waals surface area contributed by atoms with Crippen LogP contribution >= 0.6 is 0 Å². The summed E-state index contributed by atoms with van der Waals surface area (Å²) in [5, 5.41) is 5.50. The SMILES string of the molecule is Cc1ccc(CNC(=O)CC(=O)Nc2ccccc2Oc2ccccc2)cc1. The first-order chi connectivity index (χ1) is 13.6. The Balaban J connectivity index is 1.54. The molecule has 0 aromatic heterocycles. The van der Waals surface area contributed by atoms with Gasteiger partial charge in [-0.15, -0.1) is 0 Å². The molecule has 0 heterocycles. The van der Waals surface area contributed by atoms with Gasteiger partial charge in [0.1, 0.15) is 12.2 Å². The standard InChI is InChI=1S/C23H22N2O3/c1-17-11-13-18(14-12-17)16-24-22(26)15-23(27)25-20-9-5-6-10-21(20)28-19-7-3-2-4-8-19/h2-14H,15-16H2,1H3,(H,24,26)(H,25,27). The van der Waals surface area contributed by atoms with Gasteiger partial charge in [0.05, 0.1) is 5.69 Å². The number of ether oxygens (including phenoxy) is 1. The van der Waals surface area contributed by atoms with Crippen LogP contribution in [-0.2, 0) is 16.1 Å². The van der Waals surface area contributed by atoms with Crippen molar-refractivity contribution in [1.29, 1.82) is 0 Å². The number of benzene rings is 3. The number of anilines is 1. The van der Waals surface area contributed by atoms with E-state index in [1.54, 1.807) is 18.2 Å². The van der Waals surface area contributed by atoms with Crippen LogP contribution in [0.1, 0.15) is 17.5 Å². The zero-order valence-electron chi connectivity index (χ0n) is 15.6. The van der Waals surface area contributed by atoms with Crippen molar-refractivity contribution in [3.63, 3.8) is 0 Å². The highest BCUT2D eigenvalue weighted by atomic mass is 16.5. The molecule has 5 heteroatoms. The van der Waals surface area contributed by atoms with E-state index in [1.807, 2.05) is 67.6 Å². The third-order valence-electron chi connectivity index (χ3n) is 4.06. The molecule has 0 aliphatic heterocycles. The van der Waals surface area contributed by atoms with Crippen LogP contribution in [0, 0.1) is 6.92 Å². The number of rotatable bonds is 7. The summed E-state index contributed by atoms with van der Waals surface area (Å²) in [6.45, 7) is 2.39. The Labute approximate surface area is 164 Å². The second-order valence-corrected chi connectivity index (χ2v) is 6.40. The van der Waals surface area contributed by atoms with Crippen LogP contribution < -0.4 is 15.4 Å². The van der Waals surface area contributed by atoms with Gasteiger partial charge in [-0.2, -0.15) is 0 Å². The average molecular weight is 374 g/mol. The summed E-state index contributed by atoms with van der Waals surface area (Å²) in [5.74, 6) is 0.451. The first-order valence-electron chi connectivity index (χ1n) is 9.04. The van der Waals surface area contributed by atoms with Gasteiger partial charge in [0.25, 0.3) is 0 Å². The van der Waals surface area contributed by atoms with Gasteiger partial charge in [-0.1, -0.05) is 60.2 Å². The fraction of sp³-hybridized carbons (Fsp3) is 0.130. The summed E-state index contributed by atoms with van der Waals surface area (Å²) in [7, 11) is 0. The molecule has 3 rings (SSSR count). The van der Waals surface area contributed by atoms with Crippen LogP contribution in [0.2, 0.25) is 0 Å². The fourth-order valence-electron chi connectivity index (χ4n) is 2.58. The van der Waals surface area contributed by atoms with E-state index < -0.39 is 5.91 Å². The minimum Gasteiger partial charge on any atom is -0.455 e. The number of nitrogens with one attached hydrogen (secondary N) is 2. The van der Waals surface area contributed by atoms with Crippen molar-refractivity contribution in [3.05, 3.63) is 90.0 Å². The molecule has 0 aliphatic rings. The maximum atomic E-state index is 12.3. The zero-order chi connectivity index (χ0) is 19.8. The van der Waals surface area contributed by atoms with Crippen molar-refractivity contribution < 1.29 is 14.3 Å². The first kappa shape index (κ1) is 19.2. The third-order valence-corrected chi connectivity index (χ3v) is 4.06. The van der Waals surface area contributed by atoms with Gasteiger partial charge in [0.15, 0.2) is 5.75 Å². The van der Waals surface area contributed by atoms with Gasteiger partial charge in [-0.3, -0.25) is 9.59 Å². The summed E-state index contributed by atoms with van der Waals surface area (Å²) in [4.78, 5) is 24.3. The highest BCUT2D eigenvalue weighted by Crippen LogP contribution is 2.29. The Hall–Kier alpha value is -3.60. The van der Waals surface area contributed by atoms with Crippen LogP contribution in [0.5, 0.6) is 11.5 Å². The highest BCUT2D eigenvalue weighted by Gasteiger charge is 2.12. The zero-order valence-corrected chi connectivity index (χ0v) is 15.6. The molecule has 28 heavy (non-hydrogen) atoms. The maximum Gasteiger partial charge on any atom is 0.233 e. The molecule has 0 aliphatic carbocycles. The number of amides is 2. The van der Waals surface area contributed by atoms with E-state index in [4.69, 9.17) is 4.74 Å². The Bertz CT molecular complexity index is 938. The number of hydrogen-bond acceptors (Lipinski definition) is 3. The van der Waals surface area contributed by atoms with Gasteiger partial charge < -0.3 is 15.4 Å². The van der Waals surface area contributed by atoms with E-state index >= 15 is 0 Å². The quantitative estimate of drug-likeness (QED) is 0.601. The van der Waals surface area contributed by atoms with Gasteiger partial charge in [-0.25, -0.2) is 0 Å². The normalized spacial score (nSPS) is 10.2. The molecule has 0 fully saturated rings. The van der Waals surface area contributed by atoms with Crippen molar-refractivity contribution in [2.45, 2.75) is 19.9 Å². The number of para-hydroxylation sites is 3. The minimum absolute atomic E-state index is 0.258. The lowest BCUT2D eigenvalue weighted by molar-refractivity contribution is -0.126. The Kier molecular flexibility index (Phi) is 6.41. The number of aryl methyl sites for hydroxylation is 1. The Morgan fingerprint density at radius 1 is 0.821 bits per heavy atom. The van der Waals surface area contributed by atoms with E-state index in [0.29, 0.717) is 23.7 Å². The highest BCUT2D eigenvalue weighted by molar-refractivity contribution is 6.04. The van der Waals surface area contributed by atoms with Crippen LogP contribution in [0.15, 0.2) is 78.9 Å². The topological polar surface area (TPSA) is 67.4 Å². The Morgan fingerprint density at radius 3 is 2.25 bits per heavy atom. The summed E-state index contributed by atoms with van der Waals surface area (Å²) in [6.07, 6.45) is -0.258. The Morgan fingerprint density at radius 2 is 1.50 bits per heavy atom. The summed E-state index contributed by atoms with van der Waals surface area (Å²) in [5.41, 5.74) is 2.66. The van der Waals surface area contributed by atoms with Gasteiger partial charge >= 0.3 is 0 Å². The summed E-state index contributed by atoms with van der Waals surface area (Å²) >= 11 is 0. The minimum atomic E-state index is -0.398. The summed E-state index contributed by atoms with van der Waals surface area (Å²) < 4.78 is 5.82. The van der Waals surface area contributed by atoms with E-state index in [9.17, 15) is 9.59 Å². The molecule has 0 saturated carbocycles. The lowest BCUT2D eigenvalue weighted by atomic mass is 10.1. The second-order valence-electron chi connectivity index (χ2n) is 6.40. The van der Waals surface area contributed by atoms with Crippen molar-refractivity contribution in [2.24, 2.45) is 0 Å². The molecular formula is C23H22N2O3. The molecule has 0 atom stereocenters. The predicted octanol–water partition coefficient (Wildman–Crippen LogP) is 4.43. The average Bonchev–Trinajstić information content (AvgIpc) is 2.70. The number of carbonyl (C=O) groups excluding carboxylic acids is 2. The third kappa shape index (κ3) is 5.71. The smallest absolute Gasteiger partial charge is 0.233 e. The predicted molar refractivity (Wildman–Crippen MR) is 109 cm³/mol. The van der Waals surface area contributed by atoms with Crippen molar-refractivity contribution in [3.8, 4) is 11.5 Å². The maximum absolute atomic E-state index is 12.3. The van der Waals surface area contributed by atoms with Crippen LogP contribution in [-0.4, -0.2) is 11.8 Å². The summed E-state index contributed by atoms with van der Waals surface area (Å²) in [6, 6.07) is 24.3. The van der Waals surface area contributed by atoms with E-state index in [-0.39, 0.29) is 12.3 Å². The molecule has 0 radical (unpaired) electrons. The van der Waals surface area contributed by atoms with Gasteiger partial charge in [-0.05, 0) is 36.8 Å². The number of carbonyl (C=O) groups is 2. The molecule has 3 aromatic rings. The van der Waals surface area contributed by atoms with Gasteiger partial charge in [0, 0.05) is 6.54 Å². The molecule has 0 saturated heterocycles. The van der Waals surface area contributed by atoms with E-state index in [1.165, 1.54) is 0 Å². The van der Waals surface area contributed by atoms with Crippen LogP contribution in [0.3, 0.4) is 0 Å². The van der Waals surface area contributed by atoms with Crippen LogP contribution in [0.4, 0.5) is 5.69 Å². The number of hydrogen-bond donors (Lipinski definition) is 2. The monoisotopic (exact) mass is 374 g/mol. The van der Waals surface area contributed by atoms with E-state index in [0.717, 1.165) is 11.1 Å². The second kappa shape index (κ2) is 9.37. The lowest BCUT2D eigenvalue weighted by Crippen LogP contribution is -2.27. The van der Waals surface area contributed by atoms with Gasteiger partial charge in [0.2, 0.25) is 11.8 Å². The molecule has 0 unspecified atom stereocenters. The molecule has 2 amide bonds. The van der Waals surface area contributed by atoms with Crippen molar-refractivity contribution in [2.75, 3.05) is 5.32 Å². The first-order valence-corrected chi connectivity index (χ1v) is 9.04. The van der Waals surface area contributed by atoms with E-state index in [2.05, 4.69) is 10.6 Å². The molecule has 142 valence electrons. The van der Waals surface area contributed by atoms with Crippen molar-refractivity contribution in [1.82, 2.24) is 5.32 Å². The molecule has 0 spiro atoms. The molecule has 3 aromatic carbocycles.